The van der Waals surface area contributed by atoms with Gasteiger partial charge in [0.2, 0.25) is 5.95 Å². The number of aliphatic hydroxyl groups is 1. The molecule has 0 aliphatic carbocycles. The van der Waals surface area contributed by atoms with Crippen LogP contribution in [0.25, 0.3) is 28.1 Å². The topological polar surface area (TPSA) is 93.7 Å². The average Bonchev–Trinajstić information content (AvgIpc) is 3.23. The monoisotopic (exact) mass is 349 g/mol. The Labute approximate surface area is 150 Å². The van der Waals surface area contributed by atoms with Crippen LogP contribution in [0.5, 0.6) is 0 Å². The summed E-state index contributed by atoms with van der Waals surface area (Å²) >= 11 is 0. The Morgan fingerprint density at radius 3 is 2.92 bits per heavy atom. The molecule has 0 saturated heterocycles. The van der Waals surface area contributed by atoms with E-state index in [1.807, 2.05) is 42.1 Å². The number of hydrogen-bond donors (Lipinski definition) is 2. The SMILES string of the molecule is C[C@H](O)CNc1nccc(-c2cnn(C)c2-n2ccc3cccnc32)n1. The van der Waals surface area contributed by atoms with Crippen LogP contribution in [0.3, 0.4) is 0 Å². The molecule has 4 heterocycles. The van der Waals surface area contributed by atoms with E-state index in [1.165, 1.54) is 0 Å². The van der Waals surface area contributed by atoms with Crippen molar-refractivity contribution < 1.29 is 5.11 Å². The minimum atomic E-state index is -0.478. The first kappa shape index (κ1) is 16.2. The number of aromatic nitrogens is 6. The summed E-state index contributed by atoms with van der Waals surface area (Å²) in [7, 11) is 1.89. The molecule has 2 N–H and O–H groups in total. The molecule has 0 radical (unpaired) electrons. The van der Waals surface area contributed by atoms with Crippen LogP contribution >= 0.6 is 0 Å². The summed E-state index contributed by atoms with van der Waals surface area (Å²) in [5.74, 6) is 1.34. The molecule has 4 rings (SSSR count). The lowest BCUT2D eigenvalue weighted by Crippen LogP contribution is -2.16. The van der Waals surface area contributed by atoms with Crippen LogP contribution in [0.1, 0.15) is 6.92 Å². The van der Waals surface area contributed by atoms with E-state index in [4.69, 9.17) is 0 Å². The van der Waals surface area contributed by atoms with Gasteiger partial charge in [-0.1, -0.05) is 0 Å². The normalized spacial score (nSPS) is 12.4. The van der Waals surface area contributed by atoms with Crippen LogP contribution < -0.4 is 5.32 Å². The number of pyridine rings is 1. The fraction of sp³-hybridized carbons (Fsp3) is 0.222. The van der Waals surface area contributed by atoms with Crippen molar-refractivity contribution in [2.75, 3.05) is 11.9 Å². The van der Waals surface area contributed by atoms with Crippen LogP contribution in [-0.2, 0) is 7.05 Å². The van der Waals surface area contributed by atoms with Crippen molar-refractivity contribution in [2.45, 2.75) is 13.0 Å². The van der Waals surface area contributed by atoms with Crippen molar-refractivity contribution in [2.24, 2.45) is 7.05 Å². The van der Waals surface area contributed by atoms with E-state index in [1.54, 1.807) is 30.2 Å². The lowest BCUT2D eigenvalue weighted by Gasteiger charge is -2.10. The first-order valence-corrected chi connectivity index (χ1v) is 8.33. The molecular formula is C18H19N7O. The van der Waals surface area contributed by atoms with E-state index in [2.05, 4.69) is 25.4 Å². The number of rotatable bonds is 5. The van der Waals surface area contributed by atoms with Gasteiger partial charge in [-0.15, -0.1) is 0 Å². The van der Waals surface area contributed by atoms with E-state index in [0.717, 1.165) is 28.1 Å². The zero-order chi connectivity index (χ0) is 18.1. The van der Waals surface area contributed by atoms with E-state index in [0.29, 0.717) is 12.5 Å². The number of nitrogens with one attached hydrogen (secondary N) is 1. The Hall–Kier alpha value is -3.26. The summed E-state index contributed by atoms with van der Waals surface area (Å²) in [6.07, 6.45) is 6.75. The van der Waals surface area contributed by atoms with Crippen molar-refractivity contribution >= 4 is 17.0 Å². The largest absolute Gasteiger partial charge is 0.392 e. The Morgan fingerprint density at radius 1 is 1.19 bits per heavy atom. The zero-order valence-electron chi connectivity index (χ0n) is 14.5. The Balaban J connectivity index is 1.79. The average molecular weight is 349 g/mol. The molecule has 0 aliphatic rings. The highest BCUT2D eigenvalue weighted by molar-refractivity contribution is 5.80. The second kappa shape index (κ2) is 6.57. The summed E-state index contributed by atoms with van der Waals surface area (Å²) in [5, 5.41) is 17.9. The highest BCUT2D eigenvalue weighted by Crippen LogP contribution is 2.28. The highest BCUT2D eigenvalue weighted by Gasteiger charge is 2.16. The van der Waals surface area contributed by atoms with Gasteiger partial charge in [0.05, 0.1) is 23.6 Å². The maximum absolute atomic E-state index is 9.43. The Kier molecular flexibility index (Phi) is 4.10. The summed E-state index contributed by atoms with van der Waals surface area (Å²) < 4.78 is 3.80. The summed E-state index contributed by atoms with van der Waals surface area (Å²) in [4.78, 5) is 13.3. The zero-order valence-corrected chi connectivity index (χ0v) is 14.5. The first-order chi connectivity index (χ1) is 12.6. The molecule has 0 aliphatic heterocycles. The maximum Gasteiger partial charge on any atom is 0.223 e. The predicted octanol–water partition coefficient (Wildman–Crippen LogP) is 2.01. The van der Waals surface area contributed by atoms with E-state index >= 15 is 0 Å². The third-order valence-corrected chi connectivity index (χ3v) is 4.07. The van der Waals surface area contributed by atoms with Gasteiger partial charge in [-0.25, -0.2) is 15.0 Å². The van der Waals surface area contributed by atoms with E-state index in [-0.39, 0.29) is 0 Å². The van der Waals surface area contributed by atoms with E-state index in [9.17, 15) is 5.11 Å². The molecule has 0 fully saturated rings. The second-order valence-electron chi connectivity index (χ2n) is 6.10. The van der Waals surface area contributed by atoms with Crippen LogP contribution in [-0.4, -0.2) is 47.1 Å². The summed E-state index contributed by atoms with van der Waals surface area (Å²) in [6, 6.07) is 7.81. The third kappa shape index (κ3) is 2.91. The fourth-order valence-corrected chi connectivity index (χ4v) is 2.87. The van der Waals surface area contributed by atoms with Crippen LogP contribution in [0.15, 0.2) is 49.1 Å². The molecule has 0 saturated carbocycles. The van der Waals surface area contributed by atoms with Crippen molar-refractivity contribution in [3.63, 3.8) is 0 Å². The first-order valence-electron chi connectivity index (χ1n) is 8.33. The summed E-state index contributed by atoms with van der Waals surface area (Å²) in [6.45, 7) is 2.09. The van der Waals surface area contributed by atoms with Gasteiger partial charge in [-0.2, -0.15) is 5.10 Å². The number of fused-ring (bicyclic) bond motifs is 1. The van der Waals surface area contributed by atoms with Crippen molar-refractivity contribution in [3.8, 4) is 17.1 Å². The third-order valence-electron chi connectivity index (χ3n) is 4.07. The van der Waals surface area contributed by atoms with Gasteiger partial charge < -0.3 is 10.4 Å². The van der Waals surface area contributed by atoms with Gasteiger partial charge in [-0.05, 0) is 31.2 Å². The maximum atomic E-state index is 9.43. The minimum absolute atomic E-state index is 0.384. The molecule has 0 bridgehead atoms. The molecule has 4 aromatic rings. The molecular weight excluding hydrogens is 330 g/mol. The van der Waals surface area contributed by atoms with Crippen molar-refractivity contribution in [1.29, 1.82) is 0 Å². The quantitative estimate of drug-likeness (QED) is 0.572. The summed E-state index contributed by atoms with van der Waals surface area (Å²) in [5.41, 5.74) is 2.48. The molecule has 0 unspecified atom stereocenters. The fourth-order valence-electron chi connectivity index (χ4n) is 2.87. The number of nitrogens with zero attached hydrogens (tertiary/aromatic N) is 6. The van der Waals surface area contributed by atoms with Gasteiger partial charge in [-0.3, -0.25) is 9.25 Å². The standard InChI is InChI=1S/C18H19N7O/c1-12(26)10-21-18-20-8-5-15(23-18)14-11-22-24(2)17(14)25-9-6-13-4-3-7-19-16(13)25/h3-9,11-12,26H,10H2,1-2H3,(H,20,21,23)/t12-/m0/s1. The van der Waals surface area contributed by atoms with Crippen LogP contribution in [0, 0.1) is 0 Å². The molecule has 0 amide bonds. The van der Waals surface area contributed by atoms with Gasteiger partial charge in [0, 0.05) is 37.6 Å². The van der Waals surface area contributed by atoms with Gasteiger partial charge in [0.1, 0.15) is 11.5 Å². The van der Waals surface area contributed by atoms with Crippen LogP contribution in [0.2, 0.25) is 0 Å². The minimum Gasteiger partial charge on any atom is -0.392 e. The molecule has 4 aromatic heterocycles. The Bertz CT molecular complexity index is 1050. The van der Waals surface area contributed by atoms with Gasteiger partial charge >= 0.3 is 0 Å². The van der Waals surface area contributed by atoms with E-state index < -0.39 is 6.10 Å². The molecule has 0 aromatic carbocycles. The molecule has 8 heteroatoms. The van der Waals surface area contributed by atoms with Crippen molar-refractivity contribution in [3.05, 3.63) is 49.1 Å². The Morgan fingerprint density at radius 2 is 2.08 bits per heavy atom. The molecule has 0 spiro atoms. The molecule has 8 nitrogen and oxygen atoms in total. The second-order valence-corrected chi connectivity index (χ2v) is 6.10. The van der Waals surface area contributed by atoms with Crippen molar-refractivity contribution in [1.82, 2.24) is 29.3 Å². The number of aryl methyl sites for hydroxylation is 1. The van der Waals surface area contributed by atoms with Gasteiger partial charge in [0.25, 0.3) is 0 Å². The van der Waals surface area contributed by atoms with Gasteiger partial charge in [0.15, 0.2) is 0 Å². The molecule has 26 heavy (non-hydrogen) atoms. The number of hydrogen-bond acceptors (Lipinski definition) is 6. The lowest BCUT2D eigenvalue weighted by molar-refractivity contribution is 0.208. The number of anilines is 1. The predicted molar refractivity (Wildman–Crippen MR) is 99.0 cm³/mol. The molecule has 1 atom stereocenters. The smallest absolute Gasteiger partial charge is 0.223 e. The highest BCUT2D eigenvalue weighted by atomic mass is 16.3. The number of aliphatic hydroxyl groups excluding tert-OH is 1. The lowest BCUT2D eigenvalue weighted by atomic mass is 10.2. The molecule has 132 valence electrons. The van der Waals surface area contributed by atoms with Crippen LogP contribution in [0.4, 0.5) is 5.95 Å².